The van der Waals surface area contributed by atoms with Gasteiger partial charge in [-0.1, -0.05) is 18.5 Å². The Labute approximate surface area is 122 Å². The summed E-state index contributed by atoms with van der Waals surface area (Å²) in [6.07, 6.45) is 4.48. The normalized spacial score (nSPS) is 11.3. The molecule has 0 bridgehead atoms. The highest BCUT2D eigenvalue weighted by atomic mass is 35.5. The highest BCUT2D eigenvalue weighted by Gasteiger charge is 2.11. The Bertz CT molecular complexity index is 743. The van der Waals surface area contributed by atoms with Gasteiger partial charge in [-0.25, -0.2) is 4.98 Å². The summed E-state index contributed by atoms with van der Waals surface area (Å²) in [7, 11) is 0. The first-order valence-electron chi connectivity index (χ1n) is 6.60. The first-order chi connectivity index (χ1) is 9.67. The summed E-state index contributed by atoms with van der Waals surface area (Å²) in [5.41, 5.74) is 8.38. The Morgan fingerprint density at radius 1 is 1.35 bits per heavy atom. The van der Waals surface area contributed by atoms with Crippen LogP contribution < -0.4 is 5.73 Å². The lowest BCUT2D eigenvalue weighted by Gasteiger charge is -2.07. The van der Waals surface area contributed by atoms with Crippen molar-refractivity contribution in [2.24, 2.45) is 0 Å². The molecule has 0 aliphatic rings. The lowest BCUT2D eigenvalue weighted by atomic mass is 10.3. The topological polar surface area (TPSA) is 61.7 Å². The van der Waals surface area contributed by atoms with Crippen LogP contribution in [0.25, 0.3) is 11.0 Å². The Hall–Kier alpha value is -2.01. The van der Waals surface area contributed by atoms with Gasteiger partial charge in [0.1, 0.15) is 5.82 Å². The molecule has 20 heavy (non-hydrogen) atoms. The lowest BCUT2D eigenvalue weighted by Crippen LogP contribution is -2.09. The molecule has 0 amide bonds. The predicted molar refractivity (Wildman–Crippen MR) is 80.8 cm³/mol. The zero-order chi connectivity index (χ0) is 14.1. The summed E-state index contributed by atoms with van der Waals surface area (Å²) in [5.74, 6) is 0.965. The zero-order valence-corrected chi connectivity index (χ0v) is 12.0. The van der Waals surface area contributed by atoms with Crippen molar-refractivity contribution in [1.29, 1.82) is 0 Å². The van der Waals surface area contributed by atoms with E-state index < -0.39 is 0 Å². The van der Waals surface area contributed by atoms with Crippen LogP contribution in [0.15, 0.2) is 30.6 Å². The maximum atomic E-state index is 6.09. The molecule has 0 aliphatic heterocycles. The number of aryl methyl sites for hydroxylation is 1. The molecule has 0 atom stereocenters. The molecule has 2 N–H and O–H groups in total. The van der Waals surface area contributed by atoms with Crippen LogP contribution in [0, 0.1) is 0 Å². The molecule has 2 aromatic heterocycles. The van der Waals surface area contributed by atoms with E-state index in [0.717, 1.165) is 34.8 Å². The Balaban J connectivity index is 2.06. The molecule has 0 saturated heterocycles. The number of halogens is 1. The average molecular weight is 290 g/mol. The van der Waals surface area contributed by atoms with E-state index in [1.165, 1.54) is 0 Å². The van der Waals surface area contributed by atoms with E-state index >= 15 is 0 Å². The van der Waals surface area contributed by atoms with Gasteiger partial charge in [0.2, 0.25) is 0 Å². The zero-order valence-electron chi connectivity index (χ0n) is 11.3. The van der Waals surface area contributed by atoms with E-state index in [4.69, 9.17) is 17.3 Å². The largest absolute Gasteiger partial charge is 0.396 e. The number of rotatable bonds is 4. The first-order valence-corrected chi connectivity index (χ1v) is 6.97. The van der Waals surface area contributed by atoms with E-state index in [1.807, 2.05) is 24.4 Å². The smallest absolute Gasteiger partial charge is 0.131 e. The number of hydrogen-bond donors (Lipinski definition) is 1. The van der Waals surface area contributed by atoms with Gasteiger partial charge in [0.25, 0.3) is 0 Å². The quantitative estimate of drug-likeness (QED) is 0.803. The molecule has 5 nitrogen and oxygen atoms in total. The van der Waals surface area contributed by atoms with Gasteiger partial charge in [0, 0.05) is 17.8 Å². The van der Waals surface area contributed by atoms with Gasteiger partial charge >= 0.3 is 0 Å². The summed E-state index contributed by atoms with van der Waals surface area (Å²) in [4.78, 5) is 4.68. The maximum Gasteiger partial charge on any atom is 0.131 e. The summed E-state index contributed by atoms with van der Waals surface area (Å²) in [5, 5.41) is 4.94. The summed E-state index contributed by atoms with van der Waals surface area (Å²) in [6, 6.07) is 5.77. The lowest BCUT2D eigenvalue weighted by molar-refractivity contribution is 0.593. The van der Waals surface area contributed by atoms with Crippen molar-refractivity contribution in [1.82, 2.24) is 19.3 Å². The number of nitrogen functional groups attached to an aromatic ring is 1. The van der Waals surface area contributed by atoms with Crippen molar-refractivity contribution in [3.05, 3.63) is 41.4 Å². The molecule has 0 spiro atoms. The Kier molecular flexibility index (Phi) is 3.36. The minimum atomic E-state index is 0.601. The number of benzene rings is 1. The molecule has 6 heteroatoms. The number of nitrogens with two attached hydrogens (primary N) is 1. The highest BCUT2D eigenvalue weighted by Crippen LogP contribution is 2.21. The first kappa shape index (κ1) is 13.0. The number of aromatic nitrogens is 4. The minimum Gasteiger partial charge on any atom is -0.396 e. The summed E-state index contributed by atoms with van der Waals surface area (Å²) >= 11 is 6.09. The van der Waals surface area contributed by atoms with Crippen LogP contribution in [0.3, 0.4) is 0 Å². The monoisotopic (exact) mass is 289 g/mol. The second kappa shape index (κ2) is 5.17. The van der Waals surface area contributed by atoms with E-state index in [-0.39, 0.29) is 0 Å². The van der Waals surface area contributed by atoms with Crippen LogP contribution >= 0.6 is 11.6 Å². The minimum absolute atomic E-state index is 0.601. The SMILES string of the molecule is CCCn1c(Cn2cc(N)cn2)nc2ccc(Cl)cc21. The number of fused-ring (bicyclic) bond motifs is 1. The van der Waals surface area contributed by atoms with Crippen molar-refractivity contribution in [3.63, 3.8) is 0 Å². The van der Waals surface area contributed by atoms with Gasteiger partial charge in [-0.3, -0.25) is 4.68 Å². The van der Waals surface area contributed by atoms with Crippen LogP contribution in [0.1, 0.15) is 19.2 Å². The fraction of sp³-hybridized carbons (Fsp3) is 0.286. The van der Waals surface area contributed by atoms with Gasteiger partial charge in [-0.15, -0.1) is 0 Å². The van der Waals surface area contributed by atoms with Crippen LogP contribution in [-0.4, -0.2) is 19.3 Å². The van der Waals surface area contributed by atoms with Crippen molar-refractivity contribution in [2.45, 2.75) is 26.4 Å². The molecule has 0 aliphatic carbocycles. The van der Waals surface area contributed by atoms with Crippen molar-refractivity contribution < 1.29 is 0 Å². The summed E-state index contributed by atoms with van der Waals surface area (Å²) < 4.78 is 3.99. The van der Waals surface area contributed by atoms with Gasteiger partial charge in [0.05, 0.1) is 29.5 Å². The molecule has 3 rings (SSSR count). The van der Waals surface area contributed by atoms with E-state index in [1.54, 1.807) is 10.9 Å². The molecule has 0 unspecified atom stereocenters. The molecule has 0 radical (unpaired) electrons. The number of anilines is 1. The Morgan fingerprint density at radius 3 is 2.90 bits per heavy atom. The molecule has 3 aromatic rings. The average Bonchev–Trinajstić information content (AvgIpc) is 2.96. The molecule has 104 valence electrons. The second-order valence-electron chi connectivity index (χ2n) is 4.78. The van der Waals surface area contributed by atoms with Crippen molar-refractivity contribution >= 4 is 28.3 Å². The van der Waals surface area contributed by atoms with E-state index in [9.17, 15) is 0 Å². The van der Waals surface area contributed by atoms with Crippen LogP contribution in [0.5, 0.6) is 0 Å². The van der Waals surface area contributed by atoms with Crippen LogP contribution in [0.4, 0.5) is 5.69 Å². The second-order valence-corrected chi connectivity index (χ2v) is 5.22. The van der Waals surface area contributed by atoms with E-state index in [2.05, 4.69) is 21.6 Å². The van der Waals surface area contributed by atoms with Crippen molar-refractivity contribution in [3.8, 4) is 0 Å². The fourth-order valence-corrected chi connectivity index (χ4v) is 2.52. The standard InChI is InChI=1S/C14H16ClN5/c1-2-5-20-13-6-10(15)3-4-12(13)18-14(20)9-19-8-11(16)7-17-19/h3-4,6-8H,2,5,9,16H2,1H3. The molecule has 0 fully saturated rings. The number of nitrogens with zero attached hydrogens (tertiary/aromatic N) is 4. The third-order valence-corrected chi connectivity index (χ3v) is 3.43. The maximum absolute atomic E-state index is 6.09. The third-order valence-electron chi connectivity index (χ3n) is 3.19. The summed E-state index contributed by atoms with van der Waals surface area (Å²) in [6.45, 7) is 3.65. The van der Waals surface area contributed by atoms with Crippen LogP contribution in [0.2, 0.25) is 5.02 Å². The van der Waals surface area contributed by atoms with Crippen molar-refractivity contribution in [2.75, 3.05) is 5.73 Å². The number of imidazole rings is 1. The van der Waals surface area contributed by atoms with Crippen LogP contribution in [-0.2, 0) is 13.1 Å². The fourth-order valence-electron chi connectivity index (χ4n) is 2.35. The van der Waals surface area contributed by atoms with Gasteiger partial charge in [0.15, 0.2) is 0 Å². The van der Waals surface area contributed by atoms with E-state index in [0.29, 0.717) is 12.2 Å². The predicted octanol–water partition coefficient (Wildman–Crippen LogP) is 2.93. The molecular formula is C14H16ClN5. The van der Waals surface area contributed by atoms with Gasteiger partial charge in [-0.05, 0) is 24.6 Å². The number of hydrogen-bond acceptors (Lipinski definition) is 3. The molecule has 2 heterocycles. The molecule has 0 saturated carbocycles. The van der Waals surface area contributed by atoms with Gasteiger partial charge < -0.3 is 10.3 Å². The molecule has 1 aromatic carbocycles. The van der Waals surface area contributed by atoms with Gasteiger partial charge in [-0.2, -0.15) is 5.10 Å². The Morgan fingerprint density at radius 2 is 2.20 bits per heavy atom. The molecular weight excluding hydrogens is 274 g/mol. The third kappa shape index (κ3) is 2.36. The highest BCUT2D eigenvalue weighted by molar-refractivity contribution is 6.31.